The smallest absolute Gasteiger partial charge is 0.335 e. The maximum Gasteiger partial charge on any atom is 0.335 e. The third-order valence-electron chi connectivity index (χ3n) is 3.51. The quantitative estimate of drug-likeness (QED) is 0.689. The monoisotopic (exact) mass is 228 g/mol. The Labute approximate surface area is 96.2 Å². The molecule has 3 atom stereocenters. The predicted octanol–water partition coefficient (Wildman–Crippen LogP) is 1.87. The Morgan fingerprint density at radius 1 is 1.56 bits per heavy atom. The first-order chi connectivity index (χ1) is 7.68. The van der Waals surface area contributed by atoms with Crippen LogP contribution in [0.3, 0.4) is 0 Å². The maximum absolute atomic E-state index is 11.5. The number of carbonyl (C=O) groups excluding carboxylic acids is 1. The Bertz CT molecular complexity index is 254. The van der Waals surface area contributed by atoms with Crippen LogP contribution in [-0.4, -0.2) is 31.1 Å². The predicted molar refractivity (Wildman–Crippen MR) is 57.8 cm³/mol. The van der Waals surface area contributed by atoms with Gasteiger partial charge >= 0.3 is 5.97 Å². The summed E-state index contributed by atoms with van der Waals surface area (Å²) in [6.07, 6.45) is 3.70. The van der Waals surface area contributed by atoms with E-state index in [1.165, 1.54) is 0 Å². The highest BCUT2D eigenvalue weighted by molar-refractivity contribution is 5.74. The summed E-state index contributed by atoms with van der Waals surface area (Å²) in [6.45, 7) is 4.68. The van der Waals surface area contributed by atoms with Crippen molar-refractivity contribution in [1.29, 1.82) is 0 Å². The molecule has 0 aromatic heterocycles. The molecule has 0 radical (unpaired) electrons. The van der Waals surface area contributed by atoms with Gasteiger partial charge in [0, 0.05) is 12.3 Å². The van der Waals surface area contributed by atoms with Crippen LogP contribution >= 0.6 is 0 Å². The van der Waals surface area contributed by atoms with Crippen molar-refractivity contribution < 1.29 is 19.0 Å². The third-order valence-corrected chi connectivity index (χ3v) is 3.51. The van der Waals surface area contributed by atoms with Crippen molar-refractivity contribution >= 4 is 5.97 Å². The van der Waals surface area contributed by atoms with Crippen LogP contribution in [0.4, 0.5) is 0 Å². The fourth-order valence-corrected chi connectivity index (χ4v) is 2.74. The molecule has 0 aromatic rings. The number of esters is 1. The van der Waals surface area contributed by atoms with Gasteiger partial charge in [0.25, 0.3) is 0 Å². The second-order valence-electron chi connectivity index (χ2n) is 4.55. The van der Waals surface area contributed by atoms with E-state index in [4.69, 9.17) is 14.2 Å². The molecule has 0 spiro atoms. The first kappa shape index (κ1) is 11.9. The van der Waals surface area contributed by atoms with Crippen molar-refractivity contribution in [2.24, 2.45) is 5.92 Å². The van der Waals surface area contributed by atoms with E-state index < -0.39 is 11.9 Å². The molecule has 2 fully saturated rings. The number of hydrogen-bond acceptors (Lipinski definition) is 4. The minimum atomic E-state index is -0.529. The van der Waals surface area contributed by atoms with Crippen LogP contribution in [0.25, 0.3) is 0 Å². The molecule has 0 bridgehead atoms. The van der Waals surface area contributed by atoms with Crippen molar-refractivity contribution in [2.45, 2.75) is 51.4 Å². The van der Waals surface area contributed by atoms with E-state index in [0.717, 1.165) is 32.3 Å². The molecule has 2 unspecified atom stereocenters. The number of carbonyl (C=O) groups is 1. The van der Waals surface area contributed by atoms with Crippen LogP contribution in [0.2, 0.25) is 0 Å². The molecule has 0 amide bonds. The lowest BCUT2D eigenvalue weighted by atomic mass is 10.0. The Hall–Kier alpha value is -0.610. The number of ether oxygens (including phenoxy) is 3. The Balaban J connectivity index is 1.95. The maximum atomic E-state index is 11.5. The van der Waals surface area contributed by atoms with Crippen molar-refractivity contribution in [3.63, 3.8) is 0 Å². The standard InChI is InChI=1S/C12H20O4/c1-3-14-11(13)9(2)16-12-7-4-5-10(12)6-8-15-12/h9-10H,3-8H2,1-2H3/t9?,10?,12-/m1/s1. The average Bonchev–Trinajstić information content (AvgIpc) is 2.76. The Morgan fingerprint density at radius 3 is 3.12 bits per heavy atom. The van der Waals surface area contributed by atoms with E-state index in [9.17, 15) is 4.79 Å². The van der Waals surface area contributed by atoms with Gasteiger partial charge in [0.15, 0.2) is 11.9 Å². The second-order valence-corrected chi connectivity index (χ2v) is 4.55. The molecular formula is C12H20O4. The minimum absolute atomic E-state index is 0.293. The van der Waals surface area contributed by atoms with Gasteiger partial charge in [-0.25, -0.2) is 4.79 Å². The Kier molecular flexibility index (Phi) is 3.50. The first-order valence-electron chi connectivity index (χ1n) is 6.16. The zero-order chi connectivity index (χ0) is 11.6. The average molecular weight is 228 g/mol. The van der Waals surface area contributed by atoms with E-state index in [2.05, 4.69) is 0 Å². The molecule has 0 aromatic carbocycles. The van der Waals surface area contributed by atoms with E-state index in [0.29, 0.717) is 12.5 Å². The van der Waals surface area contributed by atoms with Gasteiger partial charge < -0.3 is 14.2 Å². The van der Waals surface area contributed by atoms with Crippen LogP contribution in [0.5, 0.6) is 0 Å². The summed E-state index contributed by atoms with van der Waals surface area (Å²) >= 11 is 0. The second kappa shape index (κ2) is 4.72. The van der Waals surface area contributed by atoms with E-state index >= 15 is 0 Å². The topological polar surface area (TPSA) is 44.8 Å². The van der Waals surface area contributed by atoms with E-state index in [1.807, 2.05) is 0 Å². The normalized spacial score (nSPS) is 34.8. The third kappa shape index (κ3) is 2.09. The lowest BCUT2D eigenvalue weighted by Crippen LogP contribution is -2.40. The summed E-state index contributed by atoms with van der Waals surface area (Å²) in [4.78, 5) is 11.5. The molecule has 1 aliphatic carbocycles. The van der Waals surface area contributed by atoms with Crippen LogP contribution in [0.1, 0.15) is 39.5 Å². The van der Waals surface area contributed by atoms with Crippen LogP contribution in [0.15, 0.2) is 0 Å². The molecule has 1 heterocycles. The minimum Gasteiger partial charge on any atom is -0.464 e. The summed E-state index contributed by atoms with van der Waals surface area (Å²) in [7, 11) is 0. The molecule has 4 nitrogen and oxygen atoms in total. The number of fused-ring (bicyclic) bond motifs is 1. The molecule has 92 valence electrons. The van der Waals surface area contributed by atoms with Crippen LogP contribution < -0.4 is 0 Å². The van der Waals surface area contributed by atoms with Gasteiger partial charge in [-0.2, -0.15) is 0 Å². The van der Waals surface area contributed by atoms with Gasteiger partial charge in [-0.1, -0.05) is 0 Å². The van der Waals surface area contributed by atoms with E-state index in [-0.39, 0.29) is 5.97 Å². The molecule has 16 heavy (non-hydrogen) atoms. The first-order valence-corrected chi connectivity index (χ1v) is 6.16. The van der Waals surface area contributed by atoms with Crippen LogP contribution in [0, 0.1) is 5.92 Å². The molecular weight excluding hydrogens is 208 g/mol. The highest BCUT2D eigenvalue weighted by Gasteiger charge is 2.50. The van der Waals surface area contributed by atoms with Gasteiger partial charge in [-0.3, -0.25) is 0 Å². The summed E-state index contributed by atoms with van der Waals surface area (Å²) in [6, 6.07) is 0. The van der Waals surface area contributed by atoms with Crippen molar-refractivity contribution in [3.8, 4) is 0 Å². The SMILES string of the molecule is CCOC(=O)C(C)O[C@]12CCCC1CCO2. The molecule has 1 saturated heterocycles. The Morgan fingerprint density at radius 2 is 2.38 bits per heavy atom. The molecule has 2 rings (SSSR count). The van der Waals surface area contributed by atoms with Gasteiger partial charge in [0.05, 0.1) is 13.2 Å². The highest BCUT2D eigenvalue weighted by Crippen LogP contribution is 2.46. The lowest BCUT2D eigenvalue weighted by molar-refractivity contribution is -0.245. The van der Waals surface area contributed by atoms with Crippen molar-refractivity contribution in [3.05, 3.63) is 0 Å². The van der Waals surface area contributed by atoms with E-state index in [1.54, 1.807) is 13.8 Å². The van der Waals surface area contributed by atoms with Gasteiger partial charge in [0.2, 0.25) is 0 Å². The summed E-state index contributed by atoms with van der Waals surface area (Å²) in [5.74, 6) is -0.325. The fraction of sp³-hybridized carbons (Fsp3) is 0.917. The van der Waals surface area contributed by atoms with Gasteiger partial charge in [0.1, 0.15) is 0 Å². The van der Waals surface area contributed by atoms with Crippen LogP contribution in [-0.2, 0) is 19.0 Å². The molecule has 1 aliphatic heterocycles. The highest BCUT2D eigenvalue weighted by atomic mass is 16.7. The fourth-order valence-electron chi connectivity index (χ4n) is 2.74. The van der Waals surface area contributed by atoms with Crippen molar-refractivity contribution in [2.75, 3.05) is 13.2 Å². The lowest BCUT2D eigenvalue weighted by Gasteiger charge is -2.31. The summed E-state index contributed by atoms with van der Waals surface area (Å²) in [5.41, 5.74) is 0. The molecule has 0 N–H and O–H groups in total. The molecule has 4 heteroatoms. The van der Waals surface area contributed by atoms with Gasteiger partial charge in [-0.15, -0.1) is 0 Å². The summed E-state index contributed by atoms with van der Waals surface area (Å²) < 4.78 is 16.5. The van der Waals surface area contributed by atoms with Crippen molar-refractivity contribution in [1.82, 2.24) is 0 Å². The zero-order valence-electron chi connectivity index (χ0n) is 10.0. The number of rotatable bonds is 4. The molecule has 1 saturated carbocycles. The zero-order valence-corrected chi connectivity index (χ0v) is 10.0. The molecule has 2 aliphatic rings. The summed E-state index contributed by atoms with van der Waals surface area (Å²) in [5, 5.41) is 0. The van der Waals surface area contributed by atoms with Gasteiger partial charge in [-0.05, 0) is 33.1 Å². The largest absolute Gasteiger partial charge is 0.464 e. The number of hydrogen-bond donors (Lipinski definition) is 0.